The van der Waals surface area contributed by atoms with Gasteiger partial charge in [0.15, 0.2) is 5.16 Å². The van der Waals surface area contributed by atoms with E-state index in [0.29, 0.717) is 13.2 Å². The van der Waals surface area contributed by atoms with Crippen LogP contribution in [0.2, 0.25) is 0 Å². The van der Waals surface area contributed by atoms with Crippen molar-refractivity contribution < 1.29 is 9.47 Å². The van der Waals surface area contributed by atoms with Crippen LogP contribution in [-0.4, -0.2) is 36.1 Å². The van der Waals surface area contributed by atoms with Crippen LogP contribution in [-0.2, 0) is 23.1 Å². The molecule has 5 nitrogen and oxygen atoms in total. The second kappa shape index (κ2) is 8.98. The molecule has 160 valence electrons. The Balaban J connectivity index is 1.94. The van der Waals surface area contributed by atoms with Gasteiger partial charge in [-0.05, 0) is 43.0 Å². The van der Waals surface area contributed by atoms with E-state index >= 15 is 0 Å². The molecule has 0 unspecified atom stereocenters. The van der Waals surface area contributed by atoms with Crippen molar-refractivity contribution in [2.75, 3.05) is 26.6 Å². The van der Waals surface area contributed by atoms with Gasteiger partial charge in [0.25, 0.3) is 5.56 Å². The zero-order valence-corrected chi connectivity index (χ0v) is 18.7. The number of benzene rings is 1. The highest BCUT2D eigenvalue weighted by Gasteiger charge is 2.43. The Morgan fingerprint density at radius 2 is 2.07 bits per heavy atom. The Morgan fingerprint density at radius 1 is 1.27 bits per heavy atom. The number of methoxy groups -OCH3 is 2. The predicted molar refractivity (Wildman–Crippen MR) is 122 cm³/mol. The van der Waals surface area contributed by atoms with Crippen LogP contribution in [0.3, 0.4) is 0 Å². The average Bonchev–Trinajstić information content (AvgIpc) is 2.76. The first-order valence-corrected chi connectivity index (χ1v) is 11.7. The highest BCUT2D eigenvalue weighted by Crippen LogP contribution is 2.49. The first kappa shape index (κ1) is 21.2. The third-order valence-corrected chi connectivity index (χ3v) is 7.34. The molecule has 2 aliphatic carbocycles. The molecule has 1 saturated carbocycles. The molecule has 2 aliphatic rings. The fourth-order valence-corrected chi connectivity index (χ4v) is 5.91. The van der Waals surface area contributed by atoms with Crippen molar-refractivity contribution in [1.82, 2.24) is 9.55 Å². The molecule has 1 aromatic carbocycles. The summed E-state index contributed by atoms with van der Waals surface area (Å²) in [6.45, 7) is 4.96. The lowest BCUT2D eigenvalue weighted by atomic mass is 9.62. The molecule has 0 bridgehead atoms. The van der Waals surface area contributed by atoms with E-state index in [-0.39, 0.29) is 11.0 Å². The lowest BCUT2D eigenvalue weighted by Crippen LogP contribution is -2.43. The fourth-order valence-electron chi connectivity index (χ4n) is 5.01. The van der Waals surface area contributed by atoms with E-state index in [2.05, 4.69) is 18.7 Å². The monoisotopic (exact) mass is 426 g/mol. The van der Waals surface area contributed by atoms with Gasteiger partial charge in [0.2, 0.25) is 0 Å². The van der Waals surface area contributed by atoms with Gasteiger partial charge < -0.3 is 9.47 Å². The number of aromatic nitrogens is 2. The summed E-state index contributed by atoms with van der Waals surface area (Å²) in [4.78, 5) is 19.0. The molecule has 0 aliphatic heterocycles. The number of thioether (sulfide) groups is 1. The van der Waals surface area contributed by atoms with E-state index in [1.807, 2.05) is 6.07 Å². The molecule has 1 aromatic heterocycles. The van der Waals surface area contributed by atoms with Crippen LogP contribution < -0.4 is 10.3 Å². The maximum atomic E-state index is 13.9. The van der Waals surface area contributed by atoms with Crippen LogP contribution in [0.4, 0.5) is 0 Å². The molecule has 0 amide bonds. The van der Waals surface area contributed by atoms with E-state index in [0.717, 1.165) is 65.6 Å². The van der Waals surface area contributed by atoms with Gasteiger partial charge in [0, 0.05) is 30.4 Å². The normalized spacial score (nSPS) is 16.7. The highest BCUT2D eigenvalue weighted by atomic mass is 32.2. The summed E-state index contributed by atoms with van der Waals surface area (Å²) in [5.41, 5.74) is 4.06. The minimum atomic E-state index is -0.129. The van der Waals surface area contributed by atoms with Crippen LogP contribution in [0.15, 0.2) is 40.8 Å². The third-order valence-electron chi connectivity index (χ3n) is 6.40. The molecule has 1 heterocycles. The van der Waals surface area contributed by atoms with Gasteiger partial charge in [-0.2, -0.15) is 0 Å². The summed E-state index contributed by atoms with van der Waals surface area (Å²) in [5, 5.41) is 0.741. The number of nitrogens with zero attached hydrogens (tertiary/aromatic N) is 2. The van der Waals surface area contributed by atoms with Crippen molar-refractivity contribution >= 4 is 11.8 Å². The lowest BCUT2D eigenvalue weighted by Gasteiger charge is -2.42. The number of ether oxygens (including phenoxy) is 2. The topological polar surface area (TPSA) is 53.4 Å². The summed E-state index contributed by atoms with van der Waals surface area (Å²) in [6, 6.07) is 6.16. The van der Waals surface area contributed by atoms with E-state index in [4.69, 9.17) is 14.5 Å². The molecule has 4 rings (SSSR count). The van der Waals surface area contributed by atoms with Crippen LogP contribution in [0.5, 0.6) is 5.75 Å². The Labute approximate surface area is 182 Å². The largest absolute Gasteiger partial charge is 0.497 e. The molecule has 6 heteroatoms. The van der Waals surface area contributed by atoms with E-state index < -0.39 is 0 Å². The van der Waals surface area contributed by atoms with Gasteiger partial charge >= 0.3 is 0 Å². The number of rotatable bonds is 7. The van der Waals surface area contributed by atoms with Crippen molar-refractivity contribution in [3.63, 3.8) is 0 Å². The third kappa shape index (κ3) is 3.71. The summed E-state index contributed by atoms with van der Waals surface area (Å²) in [5.74, 6) is 1.61. The minimum absolute atomic E-state index is 0.100. The summed E-state index contributed by atoms with van der Waals surface area (Å²) >= 11 is 1.57. The van der Waals surface area contributed by atoms with E-state index in [9.17, 15) is 4.79 Å². The first-order chi connectivity index (χ1) is 14.6. The van der Waals surface area contributed by atoms with Crippen molar-refractivity contribution in [2.45, 2.75) is 55.6 Å². The molecular formula is C24H30N2O3S. The molecule has 1 fully saturated rings. The van der Waals surface area contributed by atoms with Gasteiger partial charge in [0.05, 0.1) is 25.0 Å². The van der Waals surface area contributed by atoms with Gasteiger partial charge in [-0.3, -0.25) is 9.36 Å². The first-order valence-electron chi connectivity index (χ1n) is 10.7. The SMILES string of the molecule is C=CCn1c(SCCOC)nc2c(c1=O)C1(CCCCC1)Cc1cc(OC)ccc1-2. The fraction of sp³-hybridized carbons (Fsp3) is 0.500. The number of hydrogen-bond donors (Lipinski definition) is 0. The molecule has 0 radical (unpaired) electrons. The number of hydrogen-bond acceptors (Lipinski definition) is 5. The Bertz CT molecular complexity index is 993. The quantitative estimate of drug-likeness (QED) is 0.280. The van der Waals surface area contributed by atoms with Crippen LogP contribution in [0, 0.1) is 0 Å². The van der Waals surface area contributed by atoms with Gasteiger partial charge in [-0.1, -0.05) is 37.1 Å². The molecular weight excluding hydrogens is 396 g/mol. The second-order valence-electron chi connectivity index (χ2n) is 8.20. The second-order valence-corrected chi connectivity index (χ2v) is 9.27. The highest BCUT2D eigenvalue weighted by molar-refractivity contribution is 7.99. The average molecular weight is 427 g/mol. The van der Waals surface area contributed by atoms with Gasteiger partial charge in [0.1, 0.15) is 5.75 Å². The standard InChI is InChI=1S/C24H30N2O3S/c1-4-12-26-22(27)20-21(25-23(26)30-14-13-28-2)19-9-8-18(29-3)15-17(19)16-24(20)10-6-5-7-11-24/h4,8-9,15H,1,5-7,10-14,16H2,2-3H3. The molecule has 1 spiro atoms. The Kier molecular flexibility index (Phi) is 6.34. The van der Waals surface area contributed by atoms with E-state index in [1.54, 1.807) is 36.6 Å². The Hall–Kier alpha value is -2.05. The van der Waals surface area contributed by atoms with E-state index in [1.165, 1.54) is 12.0 Å². The molecule has 0 atom stereocenters. The van der Waals surface area contributed by atoms with Gasteiger partial charge in [-0.15, -0.1) is 6.58 Å². The van der Waals surface area contributed by atoms with Crippen LogP contribution >= 0.6 is 11.8 Å². The zero-order valence-electron chi connectivity index (χ0n) is 17.9. The molecule has 30 heavy (non-hydrogen) atoms. The maximum Gasteiger partial charge on any atom is 0.258 e. The summed E-state index contributed by atoms with van der Waals surface area (Å²) in [7, 11) is 3.39. The minimum Gasteiger partial charge on any atom is -0.497 e. The molecule has 0 saturated heterocycles. The van der Waals surface area contributed by atoms with Crippen molar-refractivity contribution in [1.29, 1.82) is 0 Å². The van der Waals surface area contributed by atoms with Crippen LogP contribution in [0.25, 0.3) is 11.3 Å². The van der Waals surface area contributed by atoms with Gasteiger partial charge in [-0.25, -0.2) is 4.98 Å². The summed E-state index contributed by atoms with van der Waals surface area (Å²) in [6.07, 6.45) is 8.30. The van der Waals surface area contributed by atoms with Crippen molar-refractivity contribution in [3.8, 4) is 17.0 Å². The zero-order chi connectivity index (χ0) is 21.1. The summed E-state index contributed by atoms with van der Waals surface area (Å²) < 4.78 is 12.5. The predicted octanol–water partition coefficient (Wildman–Crippen LogP) is 4.60. The lowest BCUT2D eigenvalue weighted by molar-refractivity contribution is 0.218. The molecule has 0 N–H and O–H groups in total. The van der Waals surface area contributed by atoms with Crippen molar-refractivity contribution in [2.24, 2.45) is 0 Å². The molecule has 2 aromatic rings. The number of fused-ring (bicyclic) bond motifs is 4. The maximum absolute atomic E-state index is 13.9. The van der Waals surface area contributed by atoms with Crippen LogP contribution in [0.1, 0.15) is 43.2 Å². The smallest absolute Gasteiger partial charge is 0.258 e. The Morgan fingerprint density at radius 3 is 2.77 bits per heavy atom. The van der Waals surface area contributed by atoms with Crippen molar-refractivity contribution in [3.05, 3.63) is 52.3 Å². The number of allylic oxidation sites excluding steroid dienone is 1.